The molecule has 2 heterocycles. The molecule has 4 rings (SSSR count). The zero-order chi connectivity index (χ0) is 24.1. The van der Waals surface area contributed by atoms with Crippen molar-refractivity contribution in [3.05, 3.63) is 64.3 Å². The second-order valence-corrected chi connectivity index (χ2v) is 8.16. The highest BCUT2D eigenvalue weighted by Gasteiger charge is 2.17. The molecule has 34 heavy (non-hydrogen) atoms. The number of thioether (sulfide) groups is 1. The number of ether oxygens (including phenoxy) is 3. The fraction of sp³-hybridized carbons (Fsp3) is 0.250. The van der Waals surface area contributed by atoms with Crippen LogP contribution in [0, 0.1) is 0 Å². The smallest absolute Gasteiger partial charge is 0.252 e. The Labute approximate surface area is 200 Å². The van der Waals surface area contributed by atoms with Gasteiger partial charge < -0.3 is 23.7 Å². The van der Waals surface area contributed by atoms with Crippen molar-refractivity contribution in [3.63, 3.8) is 0 Å². The van der Waals surface area contributed by atoms with E-state index in [1.165, 1.54) is 30.5 Å². The number of hydrogen-bond donors (Lipinski definition) is 1. The zero-order valence-corrected chi connectivity index (χ0v) is 20.1. The summed E-state index contributed by atoms with van der Waals surface area (Å²) in [6.45, 7) is 2.10. The van der Waals surface area contributed by atoms with Crippen molar-refractivity contribution in [1.29, 1.82) is 0 Å². The molecule has 0 atom stereocenters. The number of nitrogens with one attached hydrogen (secondary N) is 1. The standard InChI is InChI=1S/C24H24N4O5S/c1-5-14-6-8-15(9-7-14)17-12-20(29)26-24(25-17)34-13-21-27-23(28-33-21)16-10-18(30-2)22(32-4)19(11-16)31-3/h6-12H,5,13H2,1-4H3,(H,25,26,29). The van der Waals surface area contributed by atoms with E-state index in [9.17, 15) is 4.79 Å². The van der Waals surface area contributed by atoms with Gasteiger partial charge in [-0.1, -0.05) is 48.1 Å². The van der Waals surface area contributed by atoms with E-state index < -0.39 is 0 Å². The van der Waals surface area contributed by atoms with E-state index >= 15 is 0 Å². The molecule has 0 unspecified atom stereocenters. The van der Waals surface area contributed by atoms with E-state index in [2.05, 4.69) is 27.0 Å². The molecule has 0 saturated heterocycles. The van der Waals surface area contributed by atoms with Gasteiger partial charge in [-0.15, -0.1) is 0 Å². The van der Waals surface area contributed by atoms with Gasteiger partial charge in [0.2, 0.25) is 17.5 Å². The highest BCUT2D eigenvalue weighted by atomic mass is 32.2. The lowest BCUT2D eigenvalue weighted by molar-refractivity contribution is 0.324. The first-order valence-electron chi connectivity index (χ1n) is 10.5. The van der Waals surface area contributed by atoms with E-state index in [-0.39, 0.29) is 5.56 Å². The molecule has 0 amide bonds. The Kier molecular flexibility index (Phi) is 7.17. The Morgan fingerprint density at radius 1 is 0.941 bits per heavy atom. The molecule has 0 saturated carbocycles. The van der Waals surface area contributed by atoms with Gasteiger partial charge in [-0.25, -0.2) is 4.98 Å². The summed E-state index contributed by atoms with van der Waals surface area (Å²) >= 11 is 1.30. The van der Waals surface area contributed by atoms with Crippen LogP contribution in [-0.4, -0.2) is 41.4 Å². The van der Waals surface area contributed by atoms with Gasteiger partial charge in [0.05, 0.1) is 32.8 Å². The molecule has 4 aromatic rings. The number of rotatable bonds is 9. The maximum Gasteiger partial charge on any atom is 0.252 e. The molecule has 176 valence electrons. The normalized spacial score (nSPS) is 10.8. The molecular formula is C24H24N4O5S. The number of aromatic nitrogens is 4. The van der Waals surface area contributed by atoms with Gasteiger partial charge in [0.15, 0.2) is 16.7 Å². The lowest BCUT2D eigenvalue weighted by Crippen LogP contribution is -2.08. The monoisotopic (exact) mass is 480 g/mol. The van der Waals surface area contributed by atoms with Crippen molar-refractivity contribution in [2.45, 2.75) is 24.3 Å². The highest BCUT2D eigenvalue weighted by Crippen LogP contribution is 2.40. The number of H-pyrrole nitrogens is 1. The van der Waals surface area contributed by atoms with Crippen LogP contribution in [0.25, 0.3) is 22.6 Å². The van der Waals surface area contributed by atoms with Crippen LogP contribution in [0.1, 0.15) is 18.4 Å². The van der Waals surface area contributed by atoms with Crippen molar-refractivity contribution in [2.75, 3.05) is 21.3 Å². The topological polar surface area (TPSA) is 112 Å². The molecule has 0 spiro atoms. The average molecular weight is 481 g/mol. The minimum atomic E-state index is -0.226. The van der Waals surface area contributed by atoms with Gasteiger partial charge in [-0.05, 0) is 24.1 Å². The summed E-state index contributed by atoms with van der Waals surface area (Å²) in [6, 6.07) is 13.0. The summed E-state index contributed by atoms with van der Waals surface area (Å²) in [5.74, 6) is 2.55. The Bertz CT molecular complexity index is 1310. The van der Waals surface area contributed by atoms with Crippen LogP contribution >= 0.6 is 11.8 Å². The molecule has 0 bridgehead atoms. The summed E-state index contributed by atoms with van der Waals surface area (Å²) < 4.78 is 21.5. The van der Waals surface area contributed by atoms with Crippen LogP contribution in [0.4, 0.5) is 0 Å². The SMILES string of the molecule is CCc1ccc(-c2cc(=O)[nH]c(SCc3nc(-c4cc(OC)c(OC)c(OC)c4)no3)n2)cc1. The molecular weight excluding hydrogens is 456 g/mol. The van der Waals surface area contributed by atoms with Gasteiger partial charge in [-0.2, -0.15) is 4.98 Å². The lowest BCUT2D eigenvalue weighted by atomic mass is 10.1. The van der Waals surface area contributed by atoms with E-state index in [0.29, 0.717) is 51.1 Å². The number of aryl methyl sites for hydroxylation is 1. The zero-order valence-electron chi connectivity index (χ0n) is 19.2. The van der Waals surface area contributed by atoms with Crippen molar-refractivity contribution in [2.24, 2.45) is 0 Å². The van der Waals surface area contributed by atoms with Gasteiger partial charge in [0.25, 0.3) is 5.56 Å². The molecule has 2 aromatic heterocycles. The van der Waals surface area contributed by atoms with E-state index in [1.807, 2.05) is 24.3 Å². The molecule has 0 aliphatic carbocycles. The number of aromatic amines is 1. The maximum absolute atomic E-state index is 12.2. The Hall–Kier alpha value is -3.79. The molecule has 0 fully saturated rings. The van der Waals surface area contributed by atoms with Crippen molar-refractivity contribution in [1.82, 2.24) is 20.1 Å². The van der Waals surface area contributed by atoms with Crippen LogP contribution in [0.15, 0.2) is 56.9 Å². The second-order valence-electron chi connectivity index (χ2n) is 7.20. The largest absolute Gasteiger partial charge is 0.493 e. The third-order valence-electron chi connectivity index (χ3n) is 5.10. The van der Waals surface area contributed by atoms with Crippen LogP contribution < -0.4 is 19.8 Å². The van der Waals surface area contributed by atoms with E-state index in [0.717, 1.165) is 12.0 Å². The minimum Gasteiger partial charge on any atom is -0.493 e. The fourth-order valence-corrected chi connectivity index (χ4v) is 4.05. The maximum atomic E-state index is 12.2. The van der Waals surface area contributed by atoms with Crippen molar-refractivity contribution < 1.29 is 18.7 Å². The van der Waals surface area contributed by atoms with Gasteiger partial charge in [0, 0.05) is 17.2 Å². The van der Waals surface area contributed by atoms with Crippen LogP contribution in [0.5, 0.6) is 17.2 Å². The first-order valence-corrected chi connectivity index (χ1v) is 11.5. The van der Waals surface area contributed by atoms with Gasteiger partial charge in [-0.3, -0.25) is 4.79 Å². The Morgan fingerprint density at radius 2 is 1.65 bits per heavy atom. The summed E-state index contributed by atoms with van der Waals surface area (Å²) in [4.78, 5) is 24.0. The average Bonchev–Trinajstić information content (AvgIpc) is 3.35. The molecule has 0 radical (unpaired) electrons. The van der Waals surface area contributed by atoms with E-state index in [4.69, 9.17) is 18.7 Å². The molecule has 0 aliphatic heterocycles. The van der Waals surface area contributed by atoms with Gasteiger partial charge in [0.1, 0.15) is 0 Å². The van der Waals surface area contributed by atoms with Crippen LogP contribution in [0.2, 0.25) is 0 Å². The predicted octanol–water partition coefficient (Wildman–Crippen LogP) is 4.37. The van der Waals surface area contributed by atoms with Gasteiger partial charge >= 0.3 is 0 Å². The number of hydrogen-bond acceptors (Lipinski definition) is 9. The molecule has 9 nitrogen and oxygen atoms in total. The predicted molar refractivity (Wildman–Crippen MR) is 129 cm³/mol. The molecule has 2 aromatic carbocycles. The van der Waals surface area contributed by atoms with Crippen LogP contribution in [-0.2, 0) is 12.2 Å². The summed E-state index contributed by atoms with van der Waals surface area (Å²) in [7, 11) is 4.62. The third-order valence-corrected chi connectivity index (χ3v) is 5.96. The molecule has 10 heteroatoms. The Balaban J connectivity index is 1.52. The summed E-state index contributed by atoms with van der Waals surface area (Å²) in [6.07, 6.45) is 0.951. The molecule has 1 N–H and O–H groups in total. The first kappa shape index (κ1) is 23.4. The summed E-state index contributed by atoms with van der Waals surface area (Å²) in [5, 5.41) is 4.53. The van der Waals surface area contributed by atoms with E-state index in [1.54, 1.807) is 26.4 Å². The second kappa shape index (κ2) is 10.4. The quantitative estimate of drug-likeness (QED) is 0.276. The van der Waals surface area contributed by atoms with Crippen molar-refractivity contribution in [3.8, 4) is 39.9 Å². The summed E-state index contributed by atoms with van der Waals surface area (Å²) in [5.41, 5.74) is 3.14. The first-order chi connectivity index (χ1) is 16.5. The fourth-order valence-electron chi connectivity index (χ4n) is 3.33. The Morgan fingerprint density at radius 3 is 2.26 bits per heavy atom. The molecule has 0 aliphatic rings. The van der Waals surface area contributed by atoms with Crippen LogP contribution in [0.3, 0.4) is 0 Å². The third kappa shape index (κ3) is 5.07. The minimum absolute atomic E-state index is 0.226. The highest BCUT2D eigenvalue weighted by molar-refractivity contribution is 7.98. The van der Waals surface area contributed by atoms with Crippen molar-refractivity contribution >= 4 is 11.8 Å². The number of nitrogens with zero attached hydrogens (tertiary/aromatic N) is 3. The number of methoxy groups -OCH3 is 3. The lowest BCUT2D eigenvalue weighted by Gasteiger charge is -2.12. The number of benzene rings is 2.